The van der Waals surface area contributed by atoms with Crippen LogP contribution in [0.2, 0.25) is 0 Å². The van der Waals surface area contributed by atoms with Gasteiger partial charge in [-0.05, 0) is 12.1 Å². The van der Waals surface area contributed by atoms with E-state index in [1.165, 1.54) is 0 Å². The van der Waals surface area contributed by atoms with Crippen LogP contribution < -0.4 is 0 Å². The summed E-state index contributed by atoms with van der Waals surface area (Å²) in [5.41, 5.74) is 1.12. The Hall–Kier alpha value is -1.26. The van der Waals surface area contributed by atoms with Gasteiger partial charge in [-0.15, -0.1) is 0 Å². The van der Waals surface area contributed by atoms with Crippen LogP contribution in [0.3, 0.4) is 0 Å². The zero-order valence-electron chi connectivity index (χ0n) is 8.69. The normalized spacial score (nSPS) is 16.9. The maximum Gasteiger partial charge on any atom is 0.341 e. The van der Waals surface area contributed by atoms with Crippen molar-refractivity contribution in [3.05, 3.63) is 35.7 Å². The minimum atomic E-state index is -1.04. The number of carboxylic acids is 1. The third-order valence-corrected chi connectivity index (χ3v) is 3.05. The minimum Gasteiger partial charge on any atom is -0.480 e. The van der Waals surface area contributed by atoms with Crippen LogP contribution in [0.15, 0.2) is 24.4 Å². The van der Waals surface area contributed by atoms with E-state index < -0.39 is 16.9 Å². The van der Waals surface area contributed by atoms with Gasteiger partial charge in [-0.1, -0.05) is 29.3 Å². The maximum atomic E-state index is 10.5. The third kappa shape index (κ3) is 2.53. The van der Waals surface area contributed by atoms with Crippen molar-refractivity contribution in [3.8, 4) is 0 Å². The second-order valence-corrected chi connectivity index (χ2v) is 5.04. The van der Waals surface area contributed by atoms with Crippen molar-refractivity contribution in [3.63, 3.8) is 0 Å². The van der Waals surface area contributed by atoms with E-state index in [-0.39, 0.29) is 0 Å². The Morgan fingerprint density at radius 2 is 2.35 bits per heavy atom. The summed E-state index contributed by atoms with van der Waals surface area (Å²) in [5.74, 6) is -0.642. The van der Waals surface area contributed by atoms with Crippen molar-refractivity contribution < 1.29 is 14.6 Å². The molecule has 0 aromatic carbocycles. The molecule has 0 saturated carbocycles. The molecule has 1 aliphatic carbocycles. The fourth-order valence-electron chi connectivity index (χ4n) is 1.59. The number of aliphatic carboxylic acids is 1. The molecular weight excluding hydrogens is 265 g/mol. The van der Waals surface area contributed by atoms with E-state index in [2.05, 4.69) is 4.98 Å². The summed E-state index contributed by atoms with van der Waals surface area (Å²) in [7, 11) is 0. The van der Waals surface area contributed by atoms with E-state index in [1.807, 2.05) is 0 Å². The van der Waals surface area contributed by atoms with E-state index in [0.717, 1.165) is 0 Å². The van der Waals surface area contributed by atoms with Gasteiger partial charge in [-0.3, -0.25) is 4.98 Å². The third-order valence-electron chi connectivity index (χ3n) is 2.33. The van der Waals surface area contributed by atoms with Crippen molar-refractivity contribution in [2.45, 2.75) is 10.8 Å². The Kier molecular flexibility index (Phi) is 3.26. The van der Waals surface area contributed by atoms with Gasteiger partial charge in [0.2, 0.25) is 0 Å². The van der Waals surface area contributed by atoms with Crippen LogP contribution in [0, 0.1) is 0 Å². The first-order chi connectivity index (χ1) is 8.00. The Labute approximate surface area is 108 Å². The van der Waals surface area contributed by atoms with Gasteiger partial charge < -0.3 is 9.84 Å². The summed E-state index contributed by atoms with van der Waals surface area (Å²) < 4.78 is 4.10. The van der Waals surface area contributed by atoms with Crippen LogP contribution in [0.4, 0.5) is 0 Å². The minimum absolute atomic E-state index is 0.351. The molecule has 0 spiro atoms. The zero-order valence-corrected chi connectivity index (χ0v) is 10.2. The molecule has 0 radical (unpaired) electrons. The Morgan fingerprint density at radius 3 is 3.06 bits per heavy atom. The van der Waals surface area contributed by atoms with Gasteiger partial charge >= 0.3 is 5.97 Å². The number of allylic oxidation sites excluding steroid dienone is 1. The van der Waals surface area contributed by atoms with E-state index >= 15 is 0 Å². The number of rotatable bonds is 3. The highest BCUT2D eigenvalue weighted by Crippen LogP contribution is 2.44. The number of hydrogen-bond donors (Lipinski definition) is 1. The first kappa shape index (κ1) is 12.2. The lowest BCUT2D eigenvalue weighted by Gasteiger charge is -2.26. The SMILES string of the molecule is O=C(O)COC1=CCC(Cl)(Cl)c2cccnc21. The molecule has 0 fully saturated rings. The Morgan fingerprint density at radius 1 is 1.59 bits per heavy atom. The van der Waals surface area contributed by atoms with Crippen molar-refractivity contribution in [2.75, 3.05) is 6.61 Å². The molecular formula is C11H9Cl2NO3. The van der Waals surface area contributed by atoms with E-state index in [1.54, 1.807) is 24.4 Å². The smallest absolute Gasteiger partial charge is 0.341 e. The Balaban J connectivity index is 2.32. The van der Waals surface area contributed by atoms with Crippen LogP contribution in [0.5, 0.6) is 0 Å². The molecule has 17 heavy (non-hydrogen) atoms. The van der Waals surface area contributed by atoms with Crippen LogP contribution >= 0.6 is 23.2 Å². The molecule has 1 N–H and O–H groups in total. The quantitative estimate of drug-likeness (QED) is 0.860. The van der Waals surface area contributed by atoms with Gasteiger partial charge in [-0.2, -0.15) is 0 Å². The molecule has 0 aliphatic heterocycles. The van der Waals surface area contributed by atoms with Crippen LogP contribution in [-0.4, -0.2) is 22.7 Å². The number of carboxylic acid groups (broad SMARTS) is 1. The molecule has 1 aliphatic rings. The number of alkyl halides is 2. The van der Waals surface area contributed by atoms with Crippen molar-refractivity contribution >= 4 is 34.9 Å². The fourth-order valence-corrected chi connectivity index (χ4v) is 2.05. The van der Waals surface area contributed by atoms with Gasteiger partial charge in [0, 0.05) is 18.2 Å². The molecule has 6 heteroatoms. The number of pyridine rings is 1. The van der Waals surface area contributed by atoms with Gasteiger partial charge in [0.1, 0.15) is 15.8 Å². The average molecular weight is 274 g/mol. The average Bonchev–Trinajstić information content (AvgIpc) is 2.28. The number of hydrogen-bond acceptors (Lipinski definition) is 3. The van der Waals surface area contributed by atoms with Gasteiger partial charge in [-0.25, -0.2) is 4.79 Å². The number of nitrogens with zero attached hydrogens (tertiary/aromatic N) is 1. The van der Waals surface area contributed by atoms with Gasteiger partial charge in [0.25, 0.3) is 0 Å². The molecule has 0 atom stereocenters. The van der Waals surface area contributed by atoms with E-state index in [4.69, 9.17) is 33.0 Å². The monoisotopic (exact) mass is 273 g/mol. The first-order valence-electron chi connectivity index (χ1n) is 4.89. The summed E-state index contributed by atoms with van der Waals surface area (Å²) in [6.07, 6.45) is 3.58. The highest BCUT2D eigenvalue weighted by Gasteiger charge is 2.34. The lowest BCUT2D eigenvalue weighted by molar-refractivity contribution is -0.139. The number of aromatic nitrogens is 1. The second-order valence-electron chi connectivity index (χ2n) is 3.56. The summed E-state index contributed by atoms with van der Waals surface area (Å²) in [6.45, 7) is -0.417. The summed E-state index contributed by atoms with van der Waals surface area (Å²) in [4.78, 5) is 14.6. The first-order valence-corrected chi connectivity index (χ1v) is 5.65. The van der Waals surface area contributed by atoms with E-state index in [0.29, 0.717) is 23.4 Å². The van der Waals surface area contributed by atoms with Crippen LogP contribution in [0.1, 0.15) is 17.7 Å². The predicted molar refractivity (Wildman–Crippen MR) is 63.8 cm³/mol. The van der Waals surface area contributed by atoms with Crippen LogP contribution in [-0.2, 0) is 13.9 Å². The maximum absolute atomic E-state index is 10.5. The number of carbonyl (C=O) groups is 1. The zero-order chi connectivity index (χ0) is 12.5. The number of fused-ring (bicyclic) bond motifs is 1. The van der Waals surface area contributed by atoms with Gasteiger partial charge in [0.15, 0.2) is 6.61 Å². The molecule has 4 nitrogen and oxygen atoms in total. The molecule has 0 amide bonds. The molecule has 1 aromatic heterocycles. The van der Waals surface area contributed by atoms with Crippen molar-refractivity contribution in [2.24, 2.45) is 0 Å². The highest BCUT2D eigenvalue weighted by molar-refractivity contribution is 6.48. The predicted octanol–water partition coefficient (Wildman–Crippen LogP) is 2.56. The summed E-state index contributed by atoms with van der Waals surface area (Å²) in [5, 5.41) is 8.57. The largest absolute Gasteiger partial charge is 0.480 e. The van der Waals surface area contributed by atoms with E-state index in [9.17, 15) is 4.79 Å². The number of halogens is 2. The molecule has 1 heterocycles. The summed E-state index contributed by atoms with van der Waals surface area (Å²) >= 11 is 12.3. The molecule has 1 aromatic rings. The van der Waals surface area contributed by atoms with Gasteiger partial charge in [0.05, 0.1) is 0 Å². The van der Waals surface area contributed by atoms with Crippen LogP contribution in [0.25, 0.3) is 5.76 Å². The second kappa shape index (κ2) is 4.55. The van der Waals surface area contributed by atoms with Crippen molar-refractivity contribution in [1.82, 2.24) is 4.98 Å². The molecule has 2 rings (SSSR count). The summed E-state index contributed by atoms with van der Waals surface area (Å²) in [6, 6.07) is 3.47. The topological polar surface area (TPSA) is 59.4 Å². The lowest BCUT2D eigenvalue weighted by Crippen LogP contribution is -2.19. The molecule has 0 saturated heterocycles. The Bertz CT molecular complexity index is 485. The molecule has 90 valence electrons. The lowest BCUT2D eigenvalue weighted by atomic mass is 10.00. The van der Waals surface area contributed by atoms with Crippen molar-refractivity contribution in [1.29, 1.82) is 0 Å². The molecule has 0 bridgehead atoms. The number of ether oxygens (including phenoxy) is 1. The highest BCUT2D eigenvalue weighted by atomic mass is 35.5. The fraction of sp³-hybridized carbons (Fsp3) is 0.273. The standard InChI is InChI=1S/C11H9Cl2NO3/c12-11(13)4-3-8(17-6-9(15)16)10-7(11)2-1-5-14-10/h1-3,5H,4,6H2,(H,15,16). The molecule has 0 unspecified atom stereocenters.